The highest BCUT2D eigenvalue weighted by molar-refractivity contribution is 5.94. The van der Waals surface area contributed by atoms with Gasteiger partial charge in [-0.1, -0.05) is 6.92 Å². The van der Waals surface area contributed by atoms with E-state index in [4.69, 9.17) is 4.74 Å². The molecule has 0 bridgehead atoms. The highest BCUT2D eigenvalue weighted by Crippen LogP contribution is 2.32. The van der Waals surface area contributed by atoms with Crippen molar-refractivity contribution in [2.75, 3.05) is 32.1 Å². The van der Waals surface area contributed by atoms with Crippen LogP contribution in [0.1, 0.15) is 37.8 Å². The minimum atomic E-state index is -0.292. The Hall–Kier alpha value is -2.97. The molecule has 2 aliphatic rings. The van der Waals surface area contributed by atoms with Crippen LogP contribution in [0.15, 0.2) is 42.7 Å². The number of carbonyl (C=O) groups is 2. The molecule has 1 aliphatic carbocycles. The SMILES string of the molecule is C[C@H](CO)N1C[C@H](C)[C@@H](CN(C)Cc2ccncc2)Oc2ccc(NC(=O)C3CC3)cc2CC1=O. The first-order valence-electron chi connectivity index (χ1n) is 12.4. The fourth-order valence-electron chi connectivity index (χ4n) is 4.49. The number of hydrogen-bond donors (Lipinski definition) is 2. The van der Waals surface area contributed by atoms with E-state index in [0.717, 1.165) is 24.9 Å². The highest BCUT2D eigenvalue weighted by atomic mass is 16.5. The Morgan fingerprint density at radius 2 is 2.03 bits per heavy atom. The zero-order chi connectivity index (χ0) is 24.9. The number of likely N-dealkylation sites (N-methyl/N-ethyl adjacent to an activating group) is 1. The van der Waals surface area contributed by atoms with Crippen molar-refractivity contribution in [3.63, 3.8) is 0 Å². The average molecular weight is 481 g/mol. The lowest BCUT2D eigenvalue weighted by molar-refractivity contribution is -0.134. The molecule has 188 valence electrons. The van der Waals surface area contributed by atoms with E-state index in [0.29, 0.717) is 24.5 Å². The average Bonchev–Trinajstić information content (AvgIpc) is 3.68. The summed E-state index contributed by atoms with van der Waals surface area (Å²) < 4.78 is 6.56. The van der Waals surface area contributed by atoms with Gasteiger partial charge in [-0.3, -0.25) is 19.5 Å². The number of anilines is 1. The summed E-state index contributed by atoms with van der Waals surface area (Å²) in [6.07, 6.45) is 5.42. The van der Waals surface area contributed by atoms with Gasteiger partial charge in [-0.15, -0.1) is 0 Å². The molecule has 1 aliphatic heterocycles. The predicted octanol–water partition coefficient (Wildman–Crippen LogP) is 2.71. The Labute approximate surface area is 207 Å². The van der Waals surface area contributed by atoms with Gasteiger partial charge < -0.3 is 20.1 Å². The molecule has 0 unspecified atom stereocenters. The summed E-state index contributed by atoms with van der Waals surface area (Å²) in [5.41, 5.74) is 2.59. The normalized spacial score (nSPS) is 21.4. The lowest BCUT2D eigenvalue weighted by atomic mass is 10.0. The first-order chi connectivity index (χ1) is 16.8. The van der Waals surface area contributed by atoms with Gasteiger partial charge in [0.05, 0.1) is 19.1 Å². The maximum atomic E-state index is 13.3. The van der Waals surface area contributed by atoms with Crippen LogP contribution < -0.4 is 10.1 Å². The van der Waals surface area contributed by atoms with Crippen molar-refractivity contribution in [1.29, 1.82) is 0 Å². The van der Waals surface area contributed by atoms with Crippen molar-refractivity contribution < 1.29 is 19.4 Å². The fraction of sp³-hybridized carbons (Fsp3) is 0.519. The van der Waals surface area contributed by atoms with Crippen LogP contribution in [-0.2, 0) is 22.6 Å². The zero-order valence-corrected chi connectivity index (χ0v) is 20.8. The molecular formula is C27H36N4O4. The maximum Gasteiger partial charge on any atom is 0.227 e. The number of fused-ring (bicyclic) bond motifs is 1. The summed E-state index contributed by atoms with van der Waals surface area (Å²) in [5, 5.41) is 12.8. The van der Waals surface area contributed by atoms with E-state index in [1.54, 1.807) is 17.3 Å². The van der Waals surface area contributed by atoms with Crippen molar-refractivity contribution in [3.05, 3.63) is 53.9 Å². The minimum Gasteiger partial charge on any atom is -0.488 e. The van der Waals surface area contributed by atoms with Crippen LogP contribution in [0.5, 0.6) is 5.75 Å². The Morgan fingerprint density at radius 3 is 2.71 bits per heavy atom. The topological polar surface area (TPSA) is 95.0 Å². The van der Waals surface area contributed by atoms with Crippen molar-refractivity contribution >= 4 is 17.5 Å². The molecule has 8 nitrogen and oxygen atoms in total. The first kappa shape index (κ1) is 25.1. The fourth-order valence-corrected chi connectivity index (χ4v) is 4.49. The van der Waals surface area contributed by atoms with E-state index in [-0.39, 0.29) is 48.8 Å². The molecule has 1 saturated carbocycles. The van der Waals surface area contributed by atoms with Crippen LogP contribution in [0, 0.1) is 11.8 Å². The third-order valence-electron chi connectivity index (χ3n) is 6.83. The van der Waals surface area contributed by atoms with Crippen molar-refractivity contribution in [3.8, 4) is 5.75 Å². The number of hydrogen-bond acceptors (Lipinski definition) is 6. The van der Waals surface area contributed by atoms with Gasteiger partial charge in [0.2, 0.25) is 11.8 Å². The molecule has 2 amide bonds. The molecule has 1 aromatic carbocycles. The lowest BCUT2D eigenvalue weighted by Crippen LogP contribution is -2.47. The molecule has 35 heavy (non-hydrogen) atoms. The van der Waals surface area contributed by atoms with Gasteiger partial charge in [0, 0.05) is 55.1 Å². The summed E-state index contributed by atoms with van der Waals surface area (Å²) in [4.78, 5) is 33.6. The van der Waals surface area contributed by atoms with E-state index < -0.39 is 0 Å². The van der Waals surface area contributed by atoms with E-state index in [2.05, 4.69) is 29.2 Å². The Bertz CT molecular complexity index is 1030. The second-order valence-corrected chi connectivity index (χ2v) is 10.0. The van der Waals surface area contributed by atoms with Crippen LogP contribution in [0.4, 0.5) is 5.69 Å². The molecular weight excluding hydrogens is 444 g/mol. The molecule has 3 atom stereocenters. The number of aromatic nitrogens is 1. The molecule has 0 saturated heterocycles. The number of aliphatic hydroxyl groups excluding tert-OH is 1. The molecule has 0 spiro atoms. The third kappa shape index (κ3) is 6.58. The van der Waals surface area contributed by atoms with E-state index in [1.807, 2.05) is 37.3 Å². The monoisotopic (exact) mass is 480 g/mol. The molecule has 8 heteroatoms. The van der Waals surface area contributed by atoms with Crippen LogP contribution in [-0.4, -0.2) is 70.6 Å². The number of benzene rings is 1. The van der Waals surface area contributed by atoms with Gasteiger partial charge in [0.15, 0.2) is 0 Å². The number of pyridine rings is 1. The summed E-state index contributed by atoms with van der Waals surface area (Å²) in [5.74, 6) is 0.767. The van der Waals surface area contributed by atoms with Gasteiger partial charge >= 0.3 is 0 Å². The molecule has 0 radical (unpaired) electrons. The Morgan fingerprint density at radius 1 is 1.29 bits per heavy atom. The summed E-state index contributed by atoms with van der Waals surface area (Å²) in [6, 6.07) is 9.26. The van der Waals surface area contributed by atoms with E-state index in [1.165, 1.54) is 5.56 Å². The number of nitrogens with one attached hydrogen (secondary N) is 1. The smallest absolute Gasteiger partial charge is 0.227 e. The van der Waals surface area contributed by atoms with Crippen molar-refractivity contribution in [1.82, 2.24) is 14.8 Å². The molecule has 2 N–H and O–H groups in total. The number of carbonyl (C=O) groups excluding carboxylic acids is 2. The molecule has 1 fully saturated rings. The van der Waals surface area contributed by atoms with E-state index in [9.17, 15) is 14.7 Å². The summed E-state index contributed by atoms with van der Waals surface area (Å²) >= 11 is 0. The largest absolute Gasteiger partial charge is 0.488 e. The summed E-state index contributed by atoms with van der Waals surface area (Å²) in [7, 11) is 2.06. The van der Waals surface area contributed by atoms with Gasteiger partial charge in [0.1, 0.15) is 11.9 Å². The molecule has 2 aromatic rings. The number of ether oxygens (including phenoxy) is 1. The number of amides is 2. The molecule has 2 heterocycles. The molecule has 1 aromatic heterocycles. The second-order valence-electron chi connectivity index (χ2n) is 10.0. The van der Waals surface area contributed by atoms with Crippen LogP contribution in [0.2, 0.25) is 0 Å². The standard InChI is InChI=1S/C27H36N4O4/c1-18-14-31(19(2)17-32)26(33)13-22-12-23(29-27(34)21-4-5-21)6-7-24(22)35-25(18)16-30(3)15-20-8-10-28-11-9-20/h6-12,18-19,21,25,32H,4-5,13-17H2,1-3H3,(H,29,34)/t18-,19+,25+/m0/s1. The van der Waals surface area contributed by atoms with Crippen LogP contribution in [0.3, 0.4) is 0 Å². The van der Waals surface area contributed by atoms with Gasteiger partial charge in [0.25, 0.3) is 0 Å². The number of rotatable bonds is 8. The highest BCUT2D eigenvalue weighted by Gasteiger charge is 2.32. The Kier molecular flexibility index (Phi) is 8.03. The van der Waals surface area contributed by atoms with Crippen molar-refractivity contribution in [2.45, 2.75) is 51.8 Å². The number of aliphatic hydroxyl groups is 1. The Balaban J connectivity index is 1.58. The second kappa shape index (κ2) is 11.2. The lowest BCUT2D eigenvalue weighted by Gasteiger charge is -2.34. The first-order valence-corrected chi connectivity index (χ1v) is 12.4. The quantitative estimate of drug-likeness (QED) is 0.603. The maximum absolute atomic E-state index is 13.3. The van der Waals surface area contributed by atoms with Gasteiger partial charge in [-0.25, -0.2) is 0 Å². The third-order valence-corrected chi connectivity index (χ3v) is 6.83. The summed E-state index contributed by atoms with van der Waals surface area (Å²) in [6.45, 7) is 5.76. The van der Waals surface area contributed by atoms with Gasteiger partial charge in [-0.2, -0.15) is 0 Å². The van der Waals surface area contributed by atoms with E-state index >= 15 is 0 Å². The zero-order valence-electron chi connectivity index (χ0n) is 20.8. The van der Waals surface area contributed by atoms with Crippen LogP contribution >= 0.6 is 0 Å². The van der Waals surface area contributed by atoms with Crippen LogP contribution in [0.25, 0.3) is 0 Å². The predicted molar refractivity (Wildman–Crippen MR) is 134 cm³/mol. The minimum absolute atomic E-state index is 0.0278. The number of nitrogens with zero attached hydrogens (tertiary/aromatic N) is 3. The molecule has 4 rings (SSSR count). The van der Waals surface area contributed by atoms with Gasteiger partial charge in [-0.05, 0) is 62.7 Å². The van der Waals surface area contributed by atoms with Crippen molar-refractivity contribution in [2.24, 2.45) is 11.8 Å².